The quantitative estimate of drug-likeness (QED) is 0.255. The van der Waals surface area contributed by atoms with Gasteiger partial charge in [0.05, 0.1) is 25.0 Å². The van der Waals surface area contributed by atoms with Gasteiger partial charge >= 0.3 is 12.1 Å². The third-order valence-corrected chi connectivity index (χ3v) is 8.05. The van der Waals surface area contributed by atoms with Gasteiger partial charge in [0.15, 0.2) is 0 Å². The maximum Gasteiger partial charge on any atom is 0.410 e. The number of halogens is 1. The summed E-state index contributed by atoms with van der Waals surface area (Å²) in [6, 6.07) is 12.2. The minimum atomic E-state index is -0.630. The predicted octanol–water partition coefficient (Wildman–Crippen LogP) is 5.95. The molecular weight excluding hydrogens is 569 g/mol. The number of esters is 1. The van der Waals surface area contributed by atoms with Gasteiger partial charge in [-0.3, -0.25) is 9.59 Å². The summed E-state index contributed by atoms with van der Waals surface area (Å²) in [6.07, 6.45) is -0.00874. The van der Waals surface area contributed by atoms with Gasteiger partial charge < -0.3 is 25.0 Å². The molecule has 0 fully saturated rings. The number of nitrogens with one attached hydrogen (secondary N) is 2. The second kappa shape index (κ2) is 12.7. The van der Waals surface area contributed by atoms with Crippen molar-refractivity contribution in [3.63, 3.8) is 0 Å². The molecule has 0 saturated carbocycles. The Balaban J connectivity index is 1.40. The highest BCUT2D eigenvalue weighted by Crippen LogP contribution is 2.38. The minimum Gasteiger partial charge on any atom is -0.465 e. The summed E-state index contributed by atoms with van der Waals surface area (Å²) in [5.74, 6) is -1.65. The Bertz CT molecular complexity index is 1470. The van der Waals surface area contributed by atoms with Crippen LogP contribution in [-0.4, -0.2) is 53.8 Å². The monoisotopic (exact) mass is 599 g/mol. The summed E-state index contributed by atoms with van der Waals surface area (Å²) in [5, 5.41) is 5.97. The second-order valence-corrected chi connectivity index (χ2v) is 12.3. The van der Waals surface area contributed by atoms with Gasteiger partial charge in [0.25, 0.3) is 5.91 Å². The molecule has 41 heavy (non-hydrogen) atoms. The number of ether oxygens (including phenoxy) is 2. The summed E-state index contributed by atoms with van der Waals surface area (Å²) in [4.78, 5) is 53.7. The van der Waals surface area contributed by atoms with Gasteiger partial charge in [-0.1, -0.05) is 6.07 Å². The predicted molar refractivity (Wildman–Crippen MR) is 156 cm³/mol. The molecule has 4 rings (SSSR count). The van der Waals surface area contributed by atoms with Crippen LogP contribution in [0, 0.1) is 5.82 Å². The lowest BCUT2D eigenvalue weighted by molar-refractivity contribution is -0.113. The molecule has 0 aliphatic carbocycles. The fourth-order valence-electron chi connectivity index (χ4n) is 4.07. The van der Waals surface area contributed by atoms with E-state index in [1.807, 2.05) is 0 Å². The van der Waals surface area contributed by atoms with Crippen molar-refractivity contribution in [2.75, 3.05) is 30.0 Å². The van der Waals surface area contributed by atoms with E-state index in [9.17, 15) is 23.6 Å². The van der Waals surface area contributed by atoms with Crippen LogP contribution in [0.5, 0.6) is 0 Å². The number of benzene rings is 2. The van der Waals surface area contributed by atoms with Crippen LogP contribution >= 0.6 is 23.1 Å². The molecule has 1 aliphatic rings. The van der Waals surface area contributed by atoms with Crippen molar-refractivity contribution >= 4 is 57.7 Å². The molecule has 0 bridgehead atoms. The third-order valence-electron chi connectivity index (χ3n) is 5.92. The molecule has 0 atom stereocenters. The summed E-state index contributed by atoms with van der Waals surface area (Å²) < 4.78 is 23.6. The summed E-state index contributed by atoms with van der Waals surface area (Å²) >= 11 is 2.50. The molecular formula is C29H30FN3O6S2. The van der Waals surface area contributed by atoms with E-state index in [0.717, 1.165) is 15.3 Å². The lowest BCUT2D eigenvalue weighted by Gasteiger charge is -2.30. The molecule has 216 valence electrons. The van der Waals surface area contributed by atoms with Gasteiger partial charge in [-0.15, -0.1) is 23.1 Å². The van der Waals surface area contributed by atoms with Crippen molar-refractivity contribution < 1.29 is 33.0 Å². The van der Waals surface area contributed by atoms with Gasteiger partial charge in [-0.05, 0) is 75.2 Å². The topological polar surface area (TPSA) is 114 Å². The van der Waals surface area contributed by atoms with Crippen LogP contribution < -0.4 is 10.6 Å². The van der Waals surface area contributed by atoms with Gasteiger partial charge in [0.2, 0.25) is 5.91 Å². The van der Waals surface area contributed by atoms with Crippen LogP contribution in [0.4, 0.5) is 19.9 Å². The lowest BCUT2D eigenvalue weighted by Crippen LogP contribution is -2.39. The van der Waals surface area contributed by atoms with Crippen LogP contribution in [0.2, 0.25) is 0 Å². The van der Waals surface area contributed by atoms with Gasteiger partial charge in [0.1, 0.15) is 16.4 Å². The van der Waals surface area contributed by atoms with Crippen molar-refractivity contribution in [3.05, 3.63) is 75.9 Å². The van der Waals surface area contributed by atoms with Crippen LogP contribution in [0.15, 0.2) is 53.4 Å². The smallest absolute Gasteiger partial charge is 0.410 e. The van der Waals surface area contributed by atoms with Crippen molar-refractivity contribution in [2.24, 2.45) is 0 Å². The summed E-state index contributed by atoms with van der Waals surface area (Å²) in [5.41, 5.74) is 1.28. The van der Waals surface area contributed by atoms with E-state index < -0.39 is 23.5 Å². The number of methoxy groups -OCH3 is 1. The molecule has 0 spiro atoms. The molecule has 1 aliphatic heterocycles. The maximum absolute atomic E-state index is 13.1. The fourth-order valence-corrected chi connectivity index (χ4v) is 6.09. The van der Waals surface area contributed by atoms with Gasteiger partial charge in [0, 0.05) is 27.6 Å². The van der Waals surface area contributed by atoms with E-state index in [1.54, 1.807) is 49.9 Å². The van der Waals surface area contributed by atoms with Crippen LogP contribution in [0.25, 0.3) is 0 Å². The number of rotatable bonds is 7. The van der Waals surface area contributed by atoms with E-state index in [1.165, 1.54) is 54.5 Å². The first-order valence-electron chi connectivity index (χ1n) is 12.7. The number of fused-ring (bicyclic) bond motifs is 1. The van der Waals surface area contributed by atoms with E-state index in [0.29, 0.717) is 34.8 Å². The fraction of sp³-hybridized carbons (Fsp3) is 0.310. The number of amides is 3. The molecule has 12 heteroatoms. The van der Waals surface area contributed by atoms with E-state index in [2.05, 4.69) is 10.6 Å². The normalized spacial score (nSPS) is 12.8. The first-order valence-corrected chi connectivity index (χ1v) is 14.5. The number of hydrogen-bond acceptors (Lipinski definition) is 8. The lowest BCUT2D eigenvalue weighted by atomic mass is 10.0. The van der Waals surface area contributed by atoms with E-state index >= 15 is 0 Å². The average molecular weight is 600 g/mol. The number of thioether (sulfide) groups is 1. The Hall–Kier alpha value is -3.90. The highest BCUT2D eigenvalue weighted by atomic mass is 32.2. The van der Waals surface area contributed by atoms with Crippen molar-refractivity contribution in [3.8, 4) is 0 Å². The first-order chi connectivity index (χ1) is 19.4. The van der Waals surface area contributed by atoms with Gasteiger partial charge in [-0.25, -0.2) is 14.0 Å². The minimum absolute atomic E-state index is 0.0442. The van der Waals surface area contributed by atoms with Gasteiger partial charge in [-0.2, -0.15) is 0 Å². The zero-order valence-corrected chi connectivity index (χ0v) is 24.7. The maximum atomic E-state index is 13.1. The average Bonchev–Trinajstić information content (AvgIpc) is 3.28. The molecule has 9 nitrogen and oxygen atoms in total. The Morgan fingerprint density at radius 2 is 1.80 bits per heavy atom. The Labute approximate surface area is 245 Å². The zero-order chi connectivity index (χ0) is 29.7. The molecule has 3 aromatic rings. The highest BCUT2D eigenvalue weighted by Gasteiger charge is 2.32. The number of thiophene rings is 1. The SMILES string of the molecule is COC(=O)c1c(NC(=O)CSc2cccc(NC(=O)c3ccc(F)cc3)c2)sc2c1CCN(C(=O)OC(C)(C)C)C2. The summed E-state index contributed by atoms with van der Waals surface area (Å²) in [6.45, 7) is 6.03. The molecule has 3 amide bonds. The number of nitrogens with zero attached hydrogens (tertiary/aromatic N) is 1. The van der Waals surface area contributed by atoms with Crippen LogP contribution in [-0.2, 0) is 27.2 Å². The van der Waals surface area contributed by atoms with Crippen LogP contribution in [0.1, 0.15) is 51.9 Å². The standard InChI is InChI=1S/C29H30FN3O6S2/c1-29(2,3)39-28(37)33-13-12-21-22(15-33)41-26(24(21)27(36)38-4)32-23(34)16-40-20-7-5-6-19(14-20)31-25(35)17-8-10-18(30)11-9-17/h5-11,14H,12-13,15-16H2,1-4H3,(H,31,35)(H,32,34). The molecule has 2 aromatic carbocycles. The van der Waals surface area contributed by atoms with Crippen molar-refractivity contribution in [1.82, 2.24) is 4.90 Å². The first kappa shape index (κ1) is 30.1. The Morgan fingerprint density at radius 3 is 2.49 bits per heavy atom. The van der Waals surface area contributed by atoms with E-state index in [4.69, 9.17) is 9.47 Å². The molecule has 2 N–H and O–H groups in total. The molecule has 0 unspecified atom stereocenters. The third kappa shape index (κ3) is 7.86. The zero-order valence-electron chi connectivity index (χ0n) is 23.0. The van der Waals surface area contributed by atoms with Crippen molar-refractivity contribution in [1.29, 1.82) is 0 Å². The number of hydrogen-bond donors (Lipinski definition) is 2. The number of carbonyl (C=O) groups excluding carboxylic acids is 4. The molecule has 1 aromatic heterocycles. The molecule has 0 radical (unpaired) electrons. The molecule has 2 heterocycles. The number of anilines is 2. The summed E-state index contributed by atoms with van der Waals surface area (Å²) in [7, 11) is 1.28. The number of carbonyl (C=O) groups is 4. The van der Waals surface area contributed by atoms with Crippen molar-refractivity contribution in [2.45, 2.75) is 44.2 Å². The van der Waals surface area contributed by atoms with Crippen LogP contribution in [0.3, 0.4) is 0 Å². The second-order valence-electron chi connectivity index (χ2n) is 10.2. The molecule has 0 saturated heterocycles. The Kier molecular flexibility index (Phi) is 9.34. The highest BCUT2D eigenvalue weighted by molar-refractivity contribution is 8.00. The van der Waals surface area contributed by atoms with E-state index in [-0.39, 0.29) is 24.1 Å². The largest absolute Gasteiger partial charge is 0.465 e. The Morgan fingerprint density at radius 1 is 1.07 bits per heavy atom.